The second kappa shape index (κ2) is 3.67. The minimum absolute atomic E-state index is 0.456. The van der Waals surface area contributed by atoms with Crippen molar-refractivity contribution in [1.29, 1.82) is 0 Å². The van der Waals surface area contributed by atoms with E-state index in [-0.39, 0.29) is 0 Å². The monoisotopic (exact) mass is 170 g/mol. The Hall–Kier alpha value is -0.900. The lowest BCUT2D eigenvalue weighted by atomic mass is 10.4. The second-order valence-corrected chi connectivity index (χ2v) is 3.58. The summed E-state index contributed by atoms with van der Waals surface area (Å²) in [5.74, 6) is 1.03. The van der Waals surface area contributed by atoms with E-state index in [1.807, 2.05) is 11.2 Å². The fraction of sp³-hybridized carbons (Fsp3) is 0.750. The van der Waals surface area contributed by atoms with Crippen molar-refractivity contribution in [3.63, 3.8) is 0 Å². The van der Waals surface area contributed by atoms with Crippen LogP contribution in [0.15, 0.2) is 12.0 Å². The van der Waals surface area contributed by atoms with Gasteiger partial charge in [0.25, 0.3) is 0 Å². The molecule has 4 nitrogen and oxygen atoms in total. The molecular weight excluding hydrogens is 152 g/mol. The fourth-order valence-electron chi connectivity index (χ4n) is 0.991. The molecule has 1 aliphatic rings. The highest BCUT2D eigenvalue weighted by Crippen LogP contribution is 2.01. The van der Waals surface area contributed by atoms with Gasteiger partial charge in [0.15, 0.2) is 0 Å². The van der Waals surface area contributed by atoms with Crippen LogP contribution in [0.25, 0.3) is 0 Å². The summed E-state index contributed by atoms with van der Waals surface area (Å²) >= 11 is 0. The van der Waals surface area contributed by atoms with Gasteiger partial charge in [-0.1, -0.05) is 0 Å². The van der Waals surface area contributed by atoms with Gasteiger partial charge in [0.05, 0.1) is 6.20 Å². The number of hydrogen-bond acceptors (Lipinski definition) is 4. The van der Waals surface area contributed by atoms with Crippen molar-refractivity contribution in [1.82, 2.24) is 21.3 Å². The topological polar surface area (TPSA) is 39.3 Å². The van der Waals surface area contributed by atoms with Crippen LogP contribution in [0, 0.1) is 0 Å². The summed E-state index contributed by atoms with van der Waals surface area (Å²) in [4.78, 5) is 0. The smallest absolute Gasteiger partial charge is 0.133 e. The van der Waals surface area contributed by atoms with Gasteiger partial charge in [-0.3, -0.25) is 10.4 Å². The molecule has 4 heteroatoms. The third kappa shape index (κ3) is 2.30. The second-order valence-electron chi connectivity index (χ2n) is 3.58. The summed E-state index contributed by atoms with van der Waals surface area (Å²) in [5, 5.41) is 5.29. The molecule has 0 atom stereocenters. The van der Waals surface area contributed by atoms with Crippen LogP contribution in [0.3, 0.4) is 0 Å². The summed E-state index contributed by atoms with van der Waals surface area (Å²) in [6.45, 7) is 8.48. The molecule has 70 valence electrons. The van der Waals surface area contributed by atoms with Crippen molar-refractivity contribution >= 4 is 0 Å². The minimum atomic E-state index is 0.456. The fourth-order valence-corrected chi connectivity index (χ4v) is 0.991. The first-order valence-electron chi connectivity index (χ1n) is 4.38. The van der Waals surface area contributed by atoms with Crippen LogP contribution in [-0.2, 0) is 0 Å². The molecular formula is C8H18N4. The van der Waals surface area contributed by atoms with E-state index < -0.39 is 0 Å². The Morgan fingerprint density at radius 1 is 1.33 bits per heavy atom. The maximum absolute atomic E-state index is 3.27. The Morgan fingerprint density at radius 2 is 2.00 bits per heavy atom. The highest BCUT2D eigenvalue weighted by atomic mass is 15.7. The maximum atomic E-state index is 3.27. The third-order valence-electron chi connectivity index (χ3n) is 1.59. The zero-order valence-electron chi connectivity index (χ0n) is 8.18. The number of nitrogens with zero attached hydrogens (tertiary/aromatic N) is 1. The summed E-state index contributed by atoms with van der Waals surface area (Å²) in [5.41, 5.74) is 6.08. The van der Waals surface area contributed by atoms with Crippen LogP contribution in [0.1, 0.15) is 27.7 Å². The molecule has 0 aromatic heterocycles. The van der Waals surface area contributed by atoms with Gasteiger partial charge in [-0.25, -0.2) is 0 Å². The van der Waals surface area contributed by atoms with Crippen molar-refractivity contribution in [2.75, 3.05) is 0 Å². The van der Waals surface area contributed by atoms with Crippen LogP contribution in [-0.4, -0.2) is 17.1 Å². The van der Waals surface area contributed by atoms with Gasteiger partial charge in [-0.15, -0.1) is 5.53 Å². The van der Waals surface area contributed by atoms with Crippen molar-refractivity contribution < 1.29 is 0 Å². The van der Waals surface area contributed by atoms with Gasteiger partial charge >= 0.3 is 0 Å². The van der Waals surface area contributed by atoms with E-state index in [0.717, 1.165) is 5.82 Å². The van der Waals surface area contributed by atoms with E-state index in [9.17, 15) is 0 Å². The highest BCUT2D eigenvalue weighted by Gasteiger charge is 2.13. The van der Waals surface area contributed by atoms with E-state index >= 15 is 0 Å². The summed E-state index contributed by atoms with van der Waals surface area (Å²) < 4.78 is 0. The van der Waals surface area contributed by atoms with Crippen molar-refractivity contribution in [2.24, 2.45) is 0 Å². The molecule has 0 aromatic carbocycles. The van der Waals surface area contributed by atoms with Gasteiger partial charge in [0.2, 0.25) is 0 Å². The van der Waals surface area contributed by atoms with Crippen molar-refractivity contribution in [3.05, 3.63) is 12.0 Å². The number of hydrogen-bond donors (Lipinski definition) is 3. The van der Waals surface area contributed by atoms with Gasteiger partial charge in [0.1, 0.15) is 5.82 Å². The Bertz CT molecular complexity index is 174. The van der Waals surface area contributed by atoms with Gasteiger partial charge in [-0.05, 0) is 27.7 Å². The van der Waals surface area contributed by atoms with Gasteiger partial charge in [0, 0.05) is 12.1 Å². The lowest BCUT2D eigenvalue weighted by Gasteiger charge is -2.18. The molecule has 0 amide bonds. The lowest BCUT2D eigenvalue weighted by Crippen LogP contribution is -2.42. The van der Waals surface area contributed by atoms with Crippen LogP contribution in [0.5, 0.6) is 0 Å². The van der Waals surface area contributed by atoms with Crippen LogP contribution >= 0.6 is 0 Å². The normalized spacial score (nSPS) is 16.8. The first-order valence-corrected chi connectivity index (χ1v) is 4.38. The standard InChI is InChI=1S/C8H18N4/c1-6(2)9-8-5-12(7(3)4)11-10-8/h5-7,9-11H,1-4H3. The zero-order chi connectivity index (χ0) is 9.14. The lowest BCUT2D eigenvalue weighted by molar-refractivity contribution is 0.220. The molecule has 0 unspecified atom stereocenters. The molecule has 12 heavy (non-hydrogen) atoms. The quantitative estimate of drug-likeness (QED) is 0.577. The summed E-state index contributed by atoms with van der Waals surface area (Å²) in [7, 11) is 0. The summed E-state index contributed by atoms with van der Waals surface area (Å²) in [6, 6.07) is 0.918. The average molecular weight is 170 g/mol. The van der Waals surface area contributed by atoms with Crippen LogP contribution < -0.4 is 16.3 Å². The van der Waals surface area contributed by atoms with E-state index in [1.165, 1.54) is 0 Å². The van der Waals surface area contributed by atoms with Gasteiger partial charge < -0.3 is 5.32 Å². The number of hydrazine groups is 2. The van der Waals surface area contributed by atoms with Crippen LogP contribution in [0.2, 0.25) is 0 Å². The number of nitrogens with one attached hydrogen (secondary N) is 3. The van der Waals surface area contributed by atoms with E-state index in [2.05, 4.69) is 44.0 Å². The SMILES string of the molecule is CC(C)NC1=CN(C(C)C)NN1. The summed E-state index contributed by atoms with van der Waals surface area (Å²) in [6.07, 6.45) is 2.03. The zero-order valence-corrected chi connectivity index (χ0v) is 8.18. The molecule has 1 aliphatic heterocycles. The Morgan fingerprint density at radius 3 is 2.42 bits per heavy atom. The Balaban J connectivity index is 2.43. The molecule has 0 saturated heterocycles. The van der Waals surface area contributed by atoms with Crippen molar-refractivity contribution in [2.45, 2.75) is 39.8 Å². The Labute approximate surface area is 73.9 Å². The molecule has 0 aromatic rings. The number of rotatable bonds is 3. The molecule has 1 heterocycles. The predicted octanol–water partition coefficient (Wildman–Crippen LogP) is 0.516. The molecule has 0 radical (unpaired) electrons. The third-order valence-corrected chi connectivity index (χ3v) is 1.59. The van der Waals surface area contributed by atoms with E-state index in [0.29, 0.717) is 12.1 Å². The van der Waals surface area contributed by atoms with Crippen molar-refractivity contribution in [3.8, 4) is 0 Å². The predicted molar refractivity (Wildman–Crippen MR) is 49.6 cm³/mol. The molecule has 0 bridgehead atoms. The molecule has 0 aliphatic carbocycles. The molecule has 0 spiro atoms. The minimum Gasteiger partial charge on any atom is -0.367 e. The van der Waals surface area contributed by atoms with Gasteiger partial charge in [-0.2, -0.15) is 0 Å². The molecule has 3 N–H and O–H groups in total. The van der Waals surface area contributed by atoms with E-state index in [4.69, 9.17) is 0 Å². The van der Waals surface area contributed by atoms with E-state index in [1.54, 1.807) is 0 Å². The Kier molecular flexibility index (Phi) is 2.81. The average Bonchev–Trinajstić information content (AvgIpc) is 2.34. The largest absolute Gasteiger partial charge is 0.367 e. The first kappa shape index (κ1) is 9.19. The maximum Gasteiger partial charge on any atom is 0.133 e. The molecule has 0 fully saturated rings. The molecule has 1 rings (SSSR count). The molecule has 0 saturated carbocycles. The highest BCUT2D eigenvalue weighted by molar-refractivity contribution is 5.00. The first-order chi connectivity index (χ1) is 5.59. The van der Waals surface area contributed by atoms with Crippen LogP contribution in [0.4, 0.5) is 0 Å².